The van der Waals surface area contributed by atoms with Gasteiger partial charge in [-0.05, 0) is 0 Å². The van der Waals surface area contributed by atoms with E-state index in [0.29, 0.717) is 0 Å². The number of hydrogen-bond acceptors (Lipinski definition) is 7. The van der Waals surface area contributed by atoms with Crippen LogP contribution in [0.25, 0.3) is 11.2 Å². The van der Waals surface area contributed by atoms with Crippen molar-refractivity contribution in [3.05, 3.63) is 12.4 Å². The zero-order valence-corrected chi connectivity index (χ0v) is 12.8. The Labute approximate surface area is 125 Å². The van der Waals surface area contributed by atoms with E-state index in [1.165, 1.54) is 10.9 Å². The number of nitrogens with two attached hydrogens (primary N) is 1. The van der Waals surface area contributed by atoms with Gasteiger partial charge in [-0.25, -0.2) is 0 Å². The first-order valence-corrected chi connectivity index (χ1v) is 8.89. The second-order valence-corrected chi connectivity index (χ2v) is 6.77. The molecule has 21 heavy (non-hydrogen) atoms. The molecule has 0 aliphatic carbocycles. The van der Waals surface area contributed by atoms with E-state index in [1.807, 2.05) is 5.82 Å². The molecule has 0 aromatic carbocycles. The van der Waals surface area contributed by atoms with Crippen LogP contribution in [0.4, 0.5) is 10.2 Å². The third-order valence-corrected chi connectivity index (χ3v) is 5.68. The van der Waals surface area contributed by atoms with Crippen LogP contribution in [0.2, 0.25) is 10.6 Å². The Morgan fingerprint density at radius 2 is 2.29 bits per heavy atom. The molecule has 114 valence electrons. The topological polar surface area (TPSA) is 119 Å². The molecular weight excluding hydrogens is 348 g/mol. The summed E-state index contributed by atoms with van der Waals surface area (Å²) in [5.41, 5.74) is 6.12. The summed E-state index contributed by atoms with van der Waals surface area (Å²) in [5.74, 6) is 1.91. The zero-order chi connectivity index (χ0) is 15.1. The molecule has 2 aromatic rings. The number of anilines is 1. The molecule has 1 saturated heterocycles. The van der Waals surface area contributed by atoms with E-state index in [0.717, 1.165) is 0 Å². The number of ether oxygens (including phenoxy) is 1. The van der Waals surface area contributed by atoms with E-state index in [1.54, 1.807) is 0 Å². The van der Waals surface area contributed by atoms with E-state index in [4.69, 9.17) is 10.5 Å². The van der Waals surface area contributed by atoms with Crippen molar-refractivity contribution in [1.29, 1.82) is 0 Å². The second kappa shape index (κ2) is 5.47. The van der Waals surface area contributed by atoms with Crippen molar-refractivity contribution in [1.82, 2.24) is 19.5 Å². The Balaban J connectivity index is 2.08. The molecule has 4 N–H and O–H groups in total. The number of aliphatic hydroxyl groups excluding tert-OH is 2. The Morgan fingerprint density at radius 1 is 1.52 bits per heavy atom. The van der Waals surface area contributed by atoms with Crippen LogP contribution in [0, 0.1) is 6.08 Å². The first-order valence-electron chi connectivity index (χ1n) is 6.19. The molecule has 1 fully saturated rings. The third-order valence-electron chi connectivity index (χ3n) is 3.46. The molecule has 0 amide bonds. The molecule has 8 nitrogen and oxygen atoms in total. The van der Waals surface area contributed by atoms with Crippen LogP contribution < -0.4 is 5.73 Å². The second-order valence-electron chi connectivity index (χ2n) is 4.64. The molecule has 2 aromatic heterocycles. The summed E-state index contributed by atoms with van der Waals surface area (Å²) in [6.07, 6.45) is -1.54. The van der Waals surface area contributed by atoms with Gasteiger partial charge in [-0.2, -0.15) is 0 Å². The number of nitrogen functional groups attached to an aromatic ring is 1. The fourth-order valence-electron chi connectivity index (χ4n) is 2.44. The zero-order valence-electron chi connectivity index (χ0n) is 11.0. The fraction of sp³-hybridized carbons (Fsp3) is 0.545. The SMILES string of the molecule is C[Se][C@H]1[C@H](O)[C@@H](CO)O[C@H]1n1cnc2c(N)nc(F)nc21. The number of halogens is 1. The van der Waals surface area contributed by atoms with Crippen LogP contribution in [0.1, 0.15) is 6.23 Å². The molecule has 4 atom stereocenters. The van der Waals surface area contributed by atoms with E-state index < -0.39 is 24.5 Å². The minimum atomic E-state index is -0.947. The van der Waals surface area contributed by atoms with Crippen molar-refractivity contribution >= 4 is 31.9 Å². The number of hydrogen-bond donors (Lipinski definition) is 3. The van der Waals surface area contributed by atoms with Crippen LogP contribution in [-0.4, -0.2) is 63.5 Å². The van der Waals surface area contributed by atoms with Crippen LogP contribution in [0.5, 0.6) is 0 Å². The predicted octanol–water partition coefficient (Wildman–Crippen LogP) is -0.661. The standard InChI is InChI=1S/C11H14FN5O3Se/c1-21-7-6(19)4(2-18)20-10(7)17-3-14-5-8(13)15-11(12)16-9(5)17/h3-4,6-7,10,18-19H,2H2,1H3,(H2,13,15,16)/t4-,6-,7+,10-/m1/s1. The summed E-state index contributed by atoms with van der Waals surface area (Å²) >= 11 is 0.0434. The Morgan fingerprint density at radius 3 is 2.95 bits per heavy atom. The van der Waals surface area contributed by atoms with Crippen LogP contribution >= 0.6 is 0 Å². The number of fused-ring (bicyclic) bond motifs is 1. The third kappa shape index (κ3) is 2.29. The van der Waals surface area contributed by atoms with Crippen molar-refractivity contribution in [2.24, 2.45) is 0 Å². The van der Waals surface area contributed by atoms with Gasteiger partial charge in [0.25, 0.3) is 0 Å². The van der Waals surface area contributed by atoms with E-state index in [9.17, 15) is 14.6 Å². The van der Waals surface area contributed by atoms with Gasteiger partial charge >= 0.3 is 125 Å². The summed E-state index contributed by atoms with van der Waals surface area (Å²) in [4.78, 5) is 11.0. The van der Waals surface area contributed by atoms with E-state index in [-0.39, 0.29) is 43.4 Å². The van der Waals surface area contributed by atoms with Crippen molar-refractivity contribution in [2.75, 3.05) is 12.3 Å². The average Bonchev–Trinajstić information content (AvgIpc) is 2.99. The summed E-state index contributed by atoms with van der Waals surface area (Å²) in [6, 6.07) is 0. The molecule has 0 unspecified atom stereocenters. The average molecular weight is 362 g/mol. The minimum absolute atomic E-state index is 0.0434. The van der Waals surface area contributed by atoms with Gasteiger partial charge in [0.2, 0.25) is 0 Å². The van der Waals surface area contributed by atoms with Crippen molar-refractivity contribution < 1.29 is 19.3 Å². The molecular formula is C11H14FN5O3Se. The van der Waals surface area contributed by atoms with Crippen molar-refractivity contribution in [3.8, 4) is 0 Å². The summed E-state index contributed by atoms with van der Waals surface area (Å²) in [6.45, 7) is -0.289. The maximum atomic E-state index is 13.4. The summed E-state index contributed by atoms with van der Waals surface area (Å²) in [5, 5.41) is 19.4. The van der Waals surface area contributed by atoms with Gasteiger partial charge in [-0.1, -0.05) is 0 Å². The van der Waals surface area contributed by atoms with Gasteiger partial charge in [0, 0.05) is 0 Å². The molecule has 0 bridgehead atoms. The molecule has 0 spiro atoms. The van der Waals surface area contributed by atoms with Gasteiger partial charge in [-0.15, -0.1) is 0 Å². The molecule has 1 aliphatic rings. The number of aromatic nitrogens is 4. The monoisotopic (exact) mass is 363 g/mol. The van der Waals surface area contributed by atoms with Crippen LogP contribution in [0.3, 0.4) is 0 Å². The Bertz CT molecular complexity index is 669. The van der Waals surface area contributed by atoms with Gasteiger partial charge in [0.05, 0.1) is 0 Å². The summed E-state index contributed by atoms with van der Waals surface area (Å²) < 4.78 is 20.6. The summed E-state index contributed by atoms with van der Waals surface area (Å²) in [7, 11) is 0. The fourth-order valence-corrected chi connectivity index (χ4v) is 4.30. The van der Waals surface area contributed by atoms with Crippen LogP contribution in [-0.2, 0) is 4.74 Å². The molecule has 1 aliphatic heterocycles. The number of aliphatic hydroxyl groups is 2. The number of imidazole rings is 1. The van der Waals surface area contributed by atoms with Gasteiger partial charge < -0.3 is 0 Å². The van der Waals surface area contributed by atoms with E-state index >= 15 is 0 Å². The van der Waals surface area contributed by atoms with Gasteiger partial charge in [0.15, 0.2) is 0 Å². The maximum absolute atomic E-state index is 13.4. The molecule has 10 heteroatoms. The van der Waals surface area contributed by atoms with Crippen molar-refractivity contribution in [3.63, 3.8) is 0 Å². The van der Waals surface area contributed by atoms with Gasteiger partial charge in [-0.3, -0.25) is 0 Å². The molecule has 3 rings (SSSR count). The van der Waals surface area contributed by atoms with Crippen molar-refractivity contribution in [2.45, 2.75) is 29.1 Å². The van der Waals surface area contributed by atoms with Gasteiger partial charge in [0.1, 0.15) is 0 Å². The number of rotatable bonds is 3. The quantitative estimate of drug-likeness (QED) is 0.490. The Kier molecular flexibility index (Phi) is 3.80. The predicted molar refractivity (Wildman–Crippen MR) is 72.1 cm³/mol. The molecule has 3 heterocycles. The van der Waals surface area contributed by atoms with E-state index in [2.05, 4.69) is 15.0 Å². The number of nitrogens with zero attached hydrogens (tertiary/aromatic N) is 4. The van der Waals surface area contributed by atoms with Crippen LogP contribution in [0.15, 0.2) is 6.33 Å². The molecule has 0 radical (unpaired) electrons. The molecule has 0 saturated carbocycles. The first kappa shape index (κ1) is 14.6. The Hall–Kier alpha value is -1.32. The normalized spacial score (nSPS) is 29.3. The first-order chi connectivity index (χ1) is 10.1.